The Morgan fingerprint density at radius 1 is 1.50 bits per heavy atom. The molecule has 0 fully saturated rings. The molecular formula is C7H8N2O5. The first-order chi connectivity index (χ1) is 6.38. The molecule has 0 bridgehead atoms. The summed E-state index contributed by atoms with van der Waals surface area (Å²) in [4.78, 5) is 19.5. The number of allylic oxidation sites excluding steroid dienone is 1. The van der Waals surface area contributed by atoms with Crippen molar-refractivity contribution < 1.29 is 15.0 Å². The third kappa shape index (κ3) is 1.49. The summed E-state index contributed by atoms with van der Waals surface area (Å²) in [6.45, 7) is 1.13. The van der Waals surface area contributed by atoms with Gasteiger partial charge in [-0.1, -0.05) is 0 Å². The molecule has 0 saturated carbocycles. The zero-order chi connectivity index (χ0) is 10.9. The Kier molecular flexibility index (Phi) is 2.35. The summed E-state index contributed by atoms with van der Waals surface area (Å²) in [5, 5.41) is 30.3. The van der Waals surface area contributed by atoms with Gasteiger partial charge in [-0.25, -0.2) is 0 Å². The number of nitrogens with zero attached hydrogens (tertiary/aromatic N) is 2. The van der Waals surface area contributed by atoms with E-state index in [0.717, 1.165) is 25.2 Å². The lowest BCUT2D eigenvalue weighted by Crippen LogP contribution is -2.45. The van der Waals surface area contributed by atoms with Crippen LogP contribution in [0, 0.1) is 20.2 Å². The van der Waals surface area contributed by atoms with Gasteiger partial charge in [-0.3, -0.25) is 20.2 Å². The van der Waals surface area contributed by atoms with E-state index in [9.17, 15) is 25.3 Å². The van der Waals surface area contributed by atoms with Gasteiger partial charge in [-0.15, -0.1) is 0 Å². The molecule has 2 unspecified atom stereocenters. The first-order valence-electron chi connectivity index (χ1n) is 3.76. The Morgan fingerprint density at radius 2 is 2.07 bits per heavy atom. The number of rotatable bonds is 2. The van der Waals surface area contributed by atoms with Crippen LogP contribution < -0.4 is 0 Å². The van der Waals surface area contributed by atoms with Crippen LogP contribution >= 0.6 is 0 Å². The molecule has 0 radical (unpaired) electrons. The van der Waals surface area contributed by atoms with Crippen molar-refractivity contribution in [3.63, 3.8) is 0 Å². The largest absolute Gasteiger partial charge is 0.381 e. The lowest BCUT2D eigenvalue weighted by atomic mass is 9.90. The minimum Gasteiger partial charge on any atom is -0.381 e. The standard InChI is InChI=1S/C7H8N2O5/c1-7(9(13)14)4-5(8(11)12)2-3-6(7)10/h2-4,6,10H,1H3. The third-order valence-electron chi connectivity index (χ3n) is 2.09. The van der Waals surface area contributed by atoms with Crippen molar-refractivity contribution in [3.05, 3.63) is 44.2 Å². The average Bonchev–Trinajstić information content (AvgIpc) is 2.09. The molecule has 0 amide bonds. The molecule has 1 aliphatic carbocycles. The molecule has 0 aliphatic heterocycles. The minimum atomic E-state index is -1.82. The fourth-order valence-electron chi connectivity index (χ4n) is 1.09. The van der Waals surface area contributed by atoms with Crippen LogP contribution in [0.3, 0.4) is 0 Å². The summed E-state index contributed by atoms with van der Waals surface area (Å²) < 4.78 is 0. The normalized spacial score (nSPS) is 31.0. The molecule has 0 heterocycles. The summed E-state index contributed by atoms with van der Waals surface area (Å²) in [5.41, 5.74) is -2.20. The SMILES string of the molecule is CC1([N+](=O)[O-])C=C([N+](=O)[O-])C=CC1O. The van der Waals surface area contributed by atoms with E-state index < -0.39 is 21.5 Å². The Morgan fingerprint density at radius 3 is 2.50 bits per heavy atom. The van der Waals surface area contributed by atoms with Crippen molar-refractivity contribution in [2.24, 2.45) is 0 Å². The Bertz CT molecular complexity index is 348. The summed E-state index contributed by atoms with van der Waals surface area (Å²) in [7, 11) is 0. The zero-order valence-electron chi connectivity index (χ0n) is 7.28. The molecule has 0 saturated heterocycles. The van der Waals surface area contributed by atoms with E-state index in [4.69, 9.17) is 0 Å². The predicted molar refractivity (Wildman–Crippen MR) is 45.6 cm³/mol. The lowest BCUT2D eigenvalue weighted by molar-refractivity contribution is -0.562. The van der Waals surface area contributed by atoms with Crippen molar-refractivity contribution in [1.82, 2.24) is 0 Å². The van der Waals surface area contributed by atoms with Gasteiger partial charge in [0.15, 0.2) is 0 Å². The predicted octanol–water partition coefficient (Wildman–Crippen LogP) is 0.113. The topological polar surface area (TPSA) is 107 Å². The van der Waals surface area contributed by atoms with Gasteiger partial charge in [0.25, 0.3) is 11.2 Å². The Labute approximate surface area is 78.6 Å². The Balaban J connectivity index is 3.14. The van der Waals surface area contributed by atoms with Gasteiger partial charge in [-0.05, 0) is 6.08 Å². The molecule has 2 atom stereocenters. The maximum Gasteiger partial charge on any atom is 0.273 e. The maximum atomic E-state index is 10.6. The summed E-state index contributed by atoms with van der Waals surface area (Å²) in [6.07, 6.45) is 1.59. The van der Waals surface area contributed by atoms with Crippen LogP contribution in [0.1, 0.15) is 6.92 Å². The van der Waals surface area contributed by atoms with E-state index in [2.05, 4.69) is 0 Å². The number of aliphatic hydroxyl groups is 1. The molecule has 76 valence electrons. The fraction of sp³-hybridized carbons (Fsp3) is 0.429. The first-order valence-corrected chi connectivity index (χ1v) is 3.76. The van der Waals surface area contributed by atoms with E-state index in [1.165, 1.54) is 0 Å². The minimum absolute atomic E-state index is 0.380. The second-order valence-corrected chi connectivity index (χ2v) is 3.11. The van der Waals surface area contributed by atoms with Gasteiger partial charge in [0, 0.05) is 17.9 Å². The molecule has 1 aliphatic rings. The van der Waals surface area contributed by atoms with E-state index in [1.807, 2.05) is 0 Å². The van der Waals surface area contributed by atoms with Gasteiger partial charge < -0.3 is 5.11 Å². The second kappa shape index (κ2) is 3.18. The maximum absolute atomic E-state index is 10.6. The van der Waals surface area contributed by atoms with Crippen LogP contribution in [-0.2, 0) is 0 Å². The van der Waals surface area contributed by atoms with Crippen molar-refractivity contribution in [3.8, 4) is 0 Å². The molecule has 7 nitrogen and oxygen atoms in total. The highest BCUT2D eigenvalue weighted by molar-refractivity contribution is 5.26. The molecule has 0 aromatic heterocycles. The smallest absolute Gasteiger partial charge is 0.273 e. The Hall–Kier alpha value is -1.76. The van der Waals surface area contributed by atoms with Gasteiger partial charge in [0.05, 0.1) is 11.0 Å². The van der Waals surface area contributed by atoms with Crippen molar-refractivity contribution in [2.45, 2.75) is 18.6 Å². The third-order valence-corrected chi connectivity index (χ3v) is 2.09. The average molecular weight is 200 g/mol. The van der Waals surface area contributed by atoms with E-state index >= 15 is 0 Å². The molecule has 0 aromatic carbocycles. The summed E-state index contributed by atoms with van der Waals surface area (Å²) >= 11 is 0. The molecule has 0 aromatic rings. The number of hydrogen-bond acceptors (Lipinski definition) is 5. The highest BCUT2D eigenvalue weighted by Crippen LogP contribution is 2.24. The highest BCUT2D eigenvalue weighted by Gasteiger charge is 2.46. The lowest BCUT2D eigenvalue weighted by Gasteiger charge is -2.22. The van der Waals surface area contributed by atoms with Crippen molar-refractivity contribution >= 4 is 0 Å². The van der Waals surface area contributed by atoms with E-state index in [0.29, 0.717) is 0 Å². The van der Waals surface area contributed by atoms with Crippen LogP contribution in [0.2, 0.25) is 0 Å². The number of hydrogen-bond donors (Lipinski definition) is 1. The number of aliphatic hydroxyl groups excluding tert-OH is 1. The van der Waals surface area contributed by atoms with Crippen LogP contribution in [0.15, 0.2) is 23.9 Å². The molecule has 7 heteroatoms. The van der Waals surface area contributed by atoms with E-state index in [1.54, 1.807) is 0 Å². The highest BCUT2D eigenvalue weighted by atomic mass is 16.6. The summed E-state index contributed by atoms with van der Waals surface area (Å²) in [5.74, 6) is 0. The van der Waals surface area contributed by atoms with Crippen molar-refractivity contribution in [1.29, 1.82) is 0 Å². The van der Waals surface area contributed by atoms with Crippen LogP contribution in [0.4, 0.5) is 0 Å². The fourth-order valence-corrected chi connectivity index (χ4v) is 1.09. The first kappa shape index (κ1) is 10.3. The van der Waals surface area contributed by atoms with Crippen LogP contribution in [-0.4, -0.2) is 26.6 Å². The van der Waals surface area contributed by atoms with Gasteiger partial charge >= 0.3 is 0 Å². The van der Waals surface area contributed by atoms with Gasteiger partial charge in [0.1, 0.15) is 6.10 Å². The van der Waals surface area contributed by atoms with Crippen LogP contribution in [0.25, 0.3) is 0 Å². The van der Waals surface area contributed by atoms with Gasteiger partial charge in [0.2, 0.25) is 0 Å². The molecular weight excluding hydrogens is 192 g/mol. The number of nitro groups is 2. The molecule has 14 heavy (non-hydrogen) atoms. The quantitative estimate of drug-likeness (QED) is 0.503. The summed E-state index contributed by atoms with van der Waals surface area (Å²) in [6, 6.07) is 0. The monoisotopic (exact) mass is 200 g/mol. The van der Waals surface area contributed by atoms with Crippen molar-refractivity contribution in [2.75, 3.05) is 0 Å². The van der Waals surface area contributed by atoms with Crippen LogP contribution in [0.5, 0.6) is 0 Å². The molecule has 1 N–H and O–H groups in total. The van der Waals surface area contributed by atoms with Gasteiger partial charge in [-0.2, -0.15) is 0 Å². The second-order valence-electron chi connectivity index (χ2n) is 3.11. The zero-order valence-corrected chi connectivity index (χ0v) is 7.28. The molecule has 1 rings (SSSR count). The van der Waals surface area contributed by atoms with E-state index in [-0.39, 0.29) is 5.70 Å². The molecule has 0 spiro atoms.